The monoisotopic (exact) mass is 432 g/mol. The molecule has 2 aromatic carbocycles. The number of hydrogen-bond donors (Lipinski definition) is 2. The van der Waals surface area contributed by atoms with Crippen molar-refractivity contribution in [1.29, 1.82) is 0 Å². The first-order chi connectivity index (χ1) is 14.4. The van der Waals surface area contributed by atoms with Crippen LogP contribution in [0.2, 0.25) is 0 Å². The number of sulfonamides is 1. The van der Waals surface area contributed by atoms with E-state index in [0.29, 0.717) is 18.9 Å². The van der Waals surface area contributed by atoms with Crippen LogP contribution in [-0.2, 0) is 35.6 Å². The molecule has 2 heterocycles. The molecule has 0 bridgehead atoms. The molecule has 0 spiro atoms. The van der Waals surface area contributed by atoms with Gasteiger partial charge in [0.2, 0.25) is 15.9 Å². The molecule has 4 atom stereocenters. The van der Waals surface area contributed by atoms with Gasteiger partial charge < -0.3 is 19.5 Å². The summed E-state index contributed by atoms with van der Waals surface area (Å²) < 4.78 is 45.8. The Morgan fingerprint density at radius 3 is 2.43 bits per heavy atom. The Labute approximate surface area is 175 Å². The summed E-state index contributed by atoms with van der Waals surface area (Å²) in [6.07, 6.45) is -0.968. The van der Waals surface area contributed by atoms with E-state index in [1.807, 2.05) is 30.3 Å². The van der Waals surface area contributed by atoms with Crippen LogP contribution in [0.1, 0.15) is 12.5 Å². The minimum Gasteiger partial charge on any atom is -0.371 e. The number of rotatable bonds is 7. The second kappa shape index (κ2) is 8.83. The topological polar surface area (TPSA) is 103 Å². The highest BCUT2D eigenvalue weighted by Crippen LogP contribution is 2.30. The Morgan fingerprint density at radius 2 is 1.73 bits per heavy atom. The number of anilines is 1. The Balaban J connectivity index is 1.36. The van der Waals surface area contributed by atoms with Gasteiger partial charge >= 0.3 is 0 Å². The summed E-state index contributed by atoms with van der Waals surface area (Å²) >= 11 is 0. The third-order valence-corrected chi connectivity index (χ3v) is 6.61. The van der Waals surface area contributed by atoms with E-state index in [4.69, 9.17) is 14.2 Å². The van der Waals surface area contributed by atoms with Gasteiger partial charge in [-0.15, -0.1) is 0 Å². The van der Waals surface area contributed by atoms with Crippen molar-refractivity contribution < 1.29 is 27.4 Å². The van der Waals surface area contributed by atoms with Crippen LogP contribution in [0.5, 0.6) is 0 Å². The Bertz CT molecular complexity index is 980. The Hall–Kier alpha value is -2.30. The minimum absolute atomic E-state index is 0.106. The molecule has 9 heteroatoms. The van der Waals surface area contributed by atoms with Crippen LogP contribution in [0.25, 0.3) is 0 Å². The quantitative estimate of drug-likeness (QED) is 0.690. The number of fused-ring (bicyclic) bond motifs is 1. The predicted molar refractivity (Wildman–Crippen MR) is 109 cm³/mol. The van der Waals surface area contributed by atoms with Crippen LogP contribution in [-0.4, -0.2) is 51.9 Å². The van der Waals surface area contributed by atoms with E-state index in [1.165, 1.54) is 19.1 Å². The first-order valence-corrected chi connectivity index (χ1v) is 11.2. The maximum absolute atomic E-state index is 12.8. The zero-order valence-corrected chi connectivity index (χ0v) is 17.3. The van der Waals surface area contributed by atoms with Crippen LogP contribution >= 0.6 is 0 Å². The summed E-state index contributed by atoms with van der Waals surface area (Å²) in [6, 6.07) is 15.3. The SMILES string of the molecule is CC(=O)Nc1ccc(S(=O)(=O)N[C@H]2CO[C@H]3[C@@H]2OC[C@H]3OCc2ccccc2)cc1. The van der Waals surface area contributed by atoms with Crippen LogP contribution in [0.4, 0.5) is 5.69 Å². The summed E-state index contributed by atoms with van der Waals surface area (Å²) in [5, 5.41) is 2.61. The van der Waals surface area contributed by atoms with E-state index in [9.17, 15) is 13.2 Å². The molecule has 2 aromatic rings. The molecule has 0 unspecified atom stereocenters. The van der Waals surface area contributed by atoms with Gasteiger partial charge in [-0.25, -0.2) is 13.1 Å². The lowest BCUT2D eigenvalue weighted by atomic mass is 10.1. The highest BCUT2D eigenvalue weighted by Gasteiger charge is 2.49. The van der Waals surface area contributed by atoms with Crippen molar-refractivity contribution >= 4 is 21.6 Å². The van der Waals surface area contributed by atoms with Crippen LogP contribution < -0.4 is 10.0 Å². The highest BCUT2D eigenvalue weighted by molar-refractivity contribution is 7.89. The van der Waals surface area contributed by atoms with Crippen molar-refractivity contribution in [3.05, 3.63) is 60.2 Å². The molecule has 2 fully saturated rings. The van der Waals surface area contributed by atoms with E-state index in [-0.39, 0.29) is 29.6 Å². The molecule has 2 aliphatic heterocycles. The molecule has 2 aliphatic rings. The molecule has 2 saturated heterocycles. The van der Waals surface area contributed by atoms with Gasteiger partial charge in [-0.2, -0.15) is 0 Å². The van der Waals surface area contributed by atoms with Crippen molar-refractivity contribution in [1.82, 2.24) is 4.72 Å². The number of amides is 1. The molecule has 2 N–H and O–H groups in total. The fourth-order valence-corrected chi connectivity index (χ4v) is 4.90. The minimum atomic E-state index is -3.76. The first-order valence-electron chi connectivity index (χ1n) is 9.71. The van der Waals surface area contributed by atoms with Crippen molar-refractivity contribution in [2.24, 2.45) is 0 Å². The molecule has 160 valence electrons. The summed E-state index contributed by atoms with van der Waals surface area (Å²) in [7, 11) is -3.76. The van der Waals surface area contributed by atoms with E-state index in [1.54, 1.807) is 12.1 Å². The third kappa shape index (κ3) is 4.71. The van der Waals surface area contributed by atoms with Gasteiger partial charge in [-0.3, -0.25) is 4.79 Å². The Morgan fingerprint density at radius 1 is 1.03 bits per heavy atom. The number of hydrogen-bond acceptors (Lipinski definition) is 6. The molecule has 8 nitrogen and oxygen atoms in total. The Kier molecular flexibility index (Phi) is 6.16. The number of carbonyl (C=O) groups is 1. The second-order valence-electron chi connectivity index (χ2n) is 7.36. The average Bonchev–Trinajstić information content (AvgIpc) is 3.30. The largest absolute Gasteiger partial charge is 0.371 e. The van der Waals surface area contributed by atoms with Gasteiger partial charge in [0.1, 0.15) is 18.3 Å². The van der Waals surface area contributed by atoms with E-state index < -0.39 is 22.2 Å². The third-order valence-electron chi connectivity index (χ3n) is 5.11. The van der Waals surface area contributed by atoms with Gasteiger partial charge in [0.05, 0.1) is 30.8 Å². The molecule has 30 heavy (non-hydrogen) atoms. The van der Waals surface area contributed by atoms with Crippen LogP contribution in [0.15, 0.2) is 59.5 Å². The standard InChI is InChI=1S/C21H24N2O6S/c1-14(24)22-16-7-9-17(10-8-16)30(25,26)23-18-12-28-21-19(13-29-20(18)21)27-11-15-5-3-2-4-6-15/h2-10,18-21,23H,11-13H2,1H3,(H,22,24)/t18-,19+,20+,21+/m0/s1. The van der Waals surface area contributed by atoms with Crippen molar-refractivity contribution in [2.75, 3.05) is 18.5 Å². The lowest BCUT2D eigenvalue weighted by molar-refractivity contribution is -0.114. The van der Waals surface area contributed by atoms with E-state index >= 15 is 0 Å². The lowest BCUT2D eigenvalue weighted by Gasteiger charge is -2.18. The number of benzene rings is 2. The van der Waals surface area contributed by atoms with Crippen LogP contribution in [0.3, 0.4) is 0 Å². The van der Waals surface area contributed by atoms with Gasteiger partial charge in [-0.1, -0.05) is 30.3 Å². The zero-order valence-electron chi connectivity index (χ0n) is 16.5. The number of carbonyl (C=O) groups excluding carboxylic acids is 1. The fourth-order valence-electron chi connectivity index (χ4n) is 3.67. The molecule has 0 saturated carbocycles. The van der Waals surface area contributed by atoms with Crippen molar-refractivity contribution in [2.45, 2.75) is 42.8 Å². The molecule has 1 amide bonds. The fraction of sp³-hybridized carbons (Fsp3) is 0.381. The normalized spacial score (nSPS) is 25.8. The molecule has 0 aliphatic carbocycles. The van der Waals surface area contributed by atoms with Crippen molar-refractivity contribution in [3.63, 3.8) is 0 Å². The van der Waals surface area contributed by atoms with Crippen LogP contribution in [0, 0.1) is 0 Å². The highest BCUT2D eigenvalue weighted by atomic mass is 32.2. The summed E-state index contributed by atoms with van der Waals surface area (Å²) in [4.78, 5) is 11.2. The smallest absolute Gasteiger partial charge is 0.240 e. The van der Waals surface area contributed by atoms with E-state index in [0.717, 1.165) is 5.56 Å². The van der Waals surface area contributed by atoms with Gasteiger partial charge in [0.25, 0.3) is 0 Å². The van der Waals surface area contributed by atoms with Crippen molar-refractivity contribution in [3.8, 4) is 0 Å². The van der Waals surface area contributed by atoms with Gasteiger partial charge in [-0.05, 0) is 29.8 Å². The number of nitrogens with one attached hydrogen (secondary N) is 2. The van der Waals surface area contributed by atoms with E-state index in [2.05, 4.69) is 10.0 Å². The second-order valence-corrected chi connectivity index (χ2v) is 9.08. The van der Waals surface area contributed by atoms with Gasteiger partial charge in [0, 0.05) is 12.6 Å². The van der Waals surface area contributed by atoms with Gasteiger partial charge in [0.15, 0.2) is 0 Å². The molecule has 4 rings (SSSR count). The molecular weight excluding hydrogens is 408 g/mol. The summed E-state index contributed by atoms with van der Waals surface area (Å²) in [5.41, 5.74) is 1.59. The molecular formula is C21H24N2O6S. The first kappa shape index (κ1) is 21.0. The number of ether oxygens (including phenoxy) is 3. The summed E-state index contributed by atoms with van der Waals surface area (Å²) in [5.74, 6) is -0.222. The predicted octanol–water partition coefficient (Wildman–Crippen LogP) is 1.67. The maximum Gasteiger partial charge on any atom is 0.240 e. The molecule has 0 aromatic heterocycles. The molecule has 0 radical (unpaired) electrons. The maximum atomic E-state index is 12.8. The summed E-state index contributed by atoms with van der Waals surface area (Å²) in [6.45, 7) is 2.40. The lowest BCUT2D eigenvalue weighted by Crippen LogP contribution is -2.44. The zero-order chi connectivity index (χ0) is 21.1. The average molecular weight is 432 g/mol.